The lowest BCUT2D eigenvalue weighted by molar-refractivity contribution is 0.914. The van der Waals surface area contributed by atoms with Crippen molar-refractivity contribution in [1.82, 2.24) is 0 Å². The molecule has 0 radical (unpaired) electrons. The normalized spacial score (nSPS) is 12.4. The number of hydrogen-bond donors (Lipinski definition) is 1. The maximum Gasteiger partial charge on any atom is 0.0912 e. The van der Waals surface area contributed by atoms with Crippen molar-refractivity contribution in [1.29, 1.82) is 0 Å². The number of amidine groups is 1. The van der Waals surface area contributed by atoms with Crippen molar-refractivity contribution in [3.63, 3.8) is 0 Å². The van der Waals surface area contributed by atoms with Crippen LogP contribution < -0.4 is 5.73 Å². The Balaban J connectivity index is -0.000000266. The average molecular weight is 200 g/mol. The van der Waals surface area contributed by atoms with Crippen molar-refractivity contribution < 1.29 is 0 Å². The molecule has 0 heterocycles. The molecule has 2 nitrogen and oxygen atoms in total. The van der Waals surface area contributed by atoms with Crippen LogP contribution in [0.3, 0.4) is 0 Å². The van der Waals surface area contributed by atoms with Gasteiger partial charge in [-0.2, -0.15) is 0 Å². The minimum Gasteiger partial charge on any atom is -0.388 e. The van der Waals surface area contributed by atoms with Crippen LogP contribution in [0.25, 0.3) is 0 Å². The minimum atomic E-state index is 0.227. The molecule has 0 amide bonds. The van der Waals surface area contributed by atoms with Crippen molar-refractivity contribution in [3.05, 3.63) is 12.2 Å². The molecule has 1 unspecified atom stereocenters. The van der Waals surface area contributed by atoms with E-state index in [1.54, 1.807) is 6.92 Å². The van der Waals surface area contributed by atoms with Gasteiger partial charge in [-0.05, 0) is 20.3 Å². The fourth-order valence-electron chi connectivity index (χ4n) is 0.697. The Morgan fingerprint density at radius 2 is 1.71 bits per heavy atom. The molecule has 86 valence electrons. The van der Waals surface area contributed by atoms with E-state index in [1.165, 1.54) is 0 Å². The lowest BCUT2D eigenvalue weighted by Gasteiger charge is -1.97. The van der Waals surface area contributed by atoms with Gasteiger partial charge in [-0.3, -0.25) is 4.99 Å². The standard InChI is InChI=1S/C8H16N2.2C2H6/c1-4-5-6-7(2)10-8(3)9;2*1-2/h5-7H,4H2,1-3H3,(H2,9,10);2*1-2H3/b6-5+;;. The molecule has 0 saturated carbocycles. The summed E-state index contributed by atoms with van der Waals surface area (Å²) in [6.07, 6.45) is 5.21. The van der Waals surface area contributed by atoms with Crippen LogP contribution in [-0.2, 0) is 0 Å². The first kappa shape index (κ1) is 18.9. The highest BCUT2D eigenvalue weighted by molar-refractivity contribution is 5.77. The Hall–Kier alpha value is -0.790. The molecule has 0 aromatic rings. The molecule has 2 heteroatoms. The Morgan fingerprint density at radius 1 is 1.29 bits per heavy atom. The van der Waals surface area contributed by atoms with E-state index in [9.17, 15) is 0 Å². The zero-order valence-corrected chi connectivity index (χ0v) is 11.0. The highest BCUT2D eigenvalue weighted by Crippen LogP contribution is 1.92. The SMILES string of the molecule is CC.CC.CC/C=C/C(C)N=C(C)N. The molecule has 0 aliphatic carbocycles. The van der Waals surface area contributed by atoms with Gasteiger partial charge in [-0.25, -0.2) is 0 Å². The molecule has 0 fully saturated rings. The van der Waals surface area contributed by atoms with Crippen LogP contribution >= 0.6 is 0 Å². The highest BCUT2D eigenvalue weighted by atomic mass is 14.9. The van der Waals surface area contributed by atoms with Gasteiger partial charge in [0.25, 0.3) is 0 Å². The van der Waals surface area contributed by atoms with Crippen LogP contribution in [0.15, 0.2) is 17.1 Å². The molecule has 0 aliphatic rings. The van der Waals surface area contributed by atoms with Crippen LogP contribution in [-0.4, -0.2) is 11.9 Å². The molecule has 2 N–H and O–H groups in total. The van der Waals surface area contributed by atoms with E-state index in [0.717, 1.165) is 6.42 Å². The summed E-state index contributed by atoms with van der Waals surface area (Å²) in [5.41, 5.74) is 5.38. The number of rotatable bonds is 3. The van der Waals surface area contributed by atoms with Crippen molar-refractivity contribution in [2.24, 2.45) is 10.7 Å². The molecule has 14 heavy (non-hydrogen) atoms. The molecule has 0 spiro atoms. The van der Waals surface area contributed by atoms with Crippen molar-refractivity contribution in [3.8, 4) is 0 Å². The second-order valence-electron chi connectivity index (χ2n) is 2.35. The van der Waals surface area contributed by atoms with E-state index in [4.69, 9.17) is 5.73 Å². The number of allylic oxidation sites excluding steroid dienone is 1. The predicted octanol–water partition coefficient (Wildman–Crippen LogP) is 3.77. The number of nitrogens with two attached hydrogens (primary N) is 1. The molecule has 0 aliphatic heterocycles. The maximum atomic E-state index is 5.38. The summed E-state index contributed by atoms with van der Waals surface area (Å²) in [5.74, 6) is 0.647. The van der Waals surface area contributed by atoms with Gasteiger partial charge >= 0.3 is 0 Å². The molecule has 0 rings (SSSR count). The zero-order valence-electron chi connectivity index (χ0n) is 11.0. The van der Waals surface area contributed by atoms with Crippen LogP contribution in [0.5, 0.6) is 0 Å². The number of nitrogens with zero attached hydrogens (tertiary/aromatic N) is 1. The molecular formula is C12H28N2. The van der Waals surface area contributed by atoms with Gasteiger partial charge < -0.3 is 5.73 Å². The summed E-state index contributed by atoms with van der Waals surface area (Å²) >= 11 is 0. The lowest BCUT2D eigenvalue weighted by atomic mass is 10.3. The summed E-state index contributed by atoms with van der Waals surface area (Å²) in [6.45, 7) is 13.9. The first-order chi connectivity index (χ1) is 6.66. The summed E-state index contributed by atoms with van der Waals surface area (Å²) in [6, 6.07) is 0.227. The Kier molecular flexibility index (Phi) is 24.4. The lowest BCUT2D eigenvalue weighted by Crippen LogP contribution is -2.09. The van der Waals surface area contributed by atoms with E-state index in [1.807, 2.05) is 34.6 Å². The largest absolute Gasteiger partial charge is 0.388 e. The third kappa shape index (κ3) is 22.5. The first-order valence-electron chi connectivity index (χ1n) is 5.63. The van der Waals surface area contributed by atoms with Crippen molar-refractivity contribution >= 4 is 5.84 Å². The molecule has 0 saturated heterocycles. The third-order valence-corrected chi connectivity index (χ3v) is 1.06. The second kappa shape index (κ2) is 18.1. The Morgan fingerprint density at radius 3 is 2.00 bits per heavy atom. The number of aliphatic imine (C=N–C) groups is 1. The predicted molar refractivity (Wildman–Crippen MR) is 68.9 cm³/mol. The average Bonchev–Trinajstić information content (AvgIpc) is 2.20. The van der Waals surface area contributed by atoms with Gasteiger partial charge in [0.2, 0.25) is 0 Å². The van der Waals surface area contributed by atoms with Gasteiger partial charge in [0, 0.05) is 0 Å². The van der Waals surface area contributed by atoms with E-state index < -0.39 is 0 Å². The molecular weight excluding hydrogens is 172 g/mol. The Labute approximate surface area is 90.3 Å². The van der Waals surface area contributed by atoms with Gasteiger partial charge in [-0.15, -0.1) is 0 Å². The maximum absolute atomic E-state index is 5.38. The summed E-state index contributed by atoms with van der Waals surface area (Å²) < 4.78 is 0. The van der Waals surface area contributed by atoms with Gasteiger partial charge in [0.15, 0.2) is 0 Å². The molecule has 0 aromatic carbocycles. The Bertz CT molecular complexity index is 133. The van der Waals surface area contributed by atoms with Crippen LogP contribution in [0.4, 0.5) is 0 Å². The quantitative estimate of drug-likeness (QED) is 0.420. The summed E-state index contributed by atoms with van der Waals surface area (Å²) in [5, 5.41) is 0. The molecule has 0 aromatic heterocycles. The third-order valence-electron chi connectivity index (χ3n) is 1.06. The fraction of sp³-hybridized carbons (Fsp3) is 0.750. The van der Waals surface area contributed by atoms with Gasteiger partial charge in [0.1, 0.15) is 0 Å². The van der Waals surface area contributed by atoms with E-state index in [0.29, 0.717) is 5.84 Å². The van der Waals surface area contributed by atoms with E-state index in [2.05, 4.69) is 24.1 Å². The van der Waals surface area contributed by atoms with Crippen LogP contribution in [0.1, 0.15) is 54.9 Å². The smallest absolute Gasteiger partial charge is 0.0912 e. The fourth-order valence-corrected chi connectivity index (χ4v) is 0.697. The second-order valence-corrected chi connectivity index (χ2v) is 2.35. The van der Waals surface area contributed by atoms with Crippen molar-refractivity contribution in [2.75, 3.05) is 0 Å². The van der Waals surface area contributed by atoms with Gasteiger partial charge in [-0.1, -0.05) is 46.8 Å². The zero-order chi connectivity index (χ0) is 12.0. The van der Waals surface area contributed by atoms with E-state index >= 15 is 0 Å². The summed E-state index contributed by atoms with van der Waals surface area (Å²) in [4.78, 5) is 4.12. The summed E-state index contributed by atoms with van der Waals surface area (Å²) in [7, 11) is 0. The highest BCUT2D eigenvalue weighted by Gasteiger charge is 1.89. The van der Waals surface area contributed by atoms with Crippen LogP contribution in [0.2, 0.25) is 0 Å². The first-order valence-corrected chi connectivity index (χ1v) is 5.63. The molecule has 1 atom stereocenters. The topological polar surface area (TPSA) is 38.4 Å². The molecule has 0 bridgehead atoms. The minimum absolute atomic E-state index is 0.227. The van der Waals surface area contributed by atoms with E-state index in [-0.39, 0.29) is 6.04 Å². The van der Waals surface area contributed by atoms with Gasteiger partial charge in [0.05, 0.1) is 11.9 Å². The number of hydrogen-bond acceptors (Lipinski definition) is 1. The van der Waals surface area contributed by atoms with Crippen LogP contribution in [0, 0.1) is 0 Å². The monoisotopic (exact) mass is 200 g/mol. The van der Waals surface area contributed by atoms with Crippen molar-refractivity contribution in [2.45, 2.75) is 60.9 Å².